The molecule has 0 aromatic heterocycles. The molecule has 0 radical (unpaired) electrons. The van der Waals surface area contributed by atoms with Gasteiger partial charge in [-0.25, -0.2) is 0 Å². The normalized spacial score (nSPS) is 10.2. The minimum atomic E-state index is -0.482. The highest BCUT2D eigenvalue weighted by molar-refractivity contribution is 14.1. The lowest BCUT2D eigenvalue weighted by Gasteiger charge is -2.12. The molecule has 0 aliphatic rings. The fourth-order valence-electron chi connectivity index (χ4n) is 2.14. The van der Waals surface area contributed by atoms with Gasteiger partial charge in [0, 0.05) is 22.9 Å². The second-order valence-corrected chi connectivity index (χ2v) is 6.07. The zero-order valence-corrected chi connectivity index (χ0v) is 15.4. The average molecular weight is 442 g/mol. The summed E-state index contributed by atoms with van der Waals surface area (Å²) < 4.78 is 11.2. The van der Waals surface area contributed by atoms with Crippen LogP contribution < -0.4 is 14.8 Å². The van der Waals surface area contributed by atoms with Crippen LogP contribution in [0.15, 0.2) is 30.3 Å². The Hall–Kier alpha value is -2.36. The number of aryl methyl sites for hydroxylation is 1. The Morgan fingerprint density at radius 1 is 1.21 bits per heavy atom. The Kier molecular flexibility index (Phi) is 5.60. The third-order valence-corrected chi connectivity index (χ3v) is 4.16. The van der Waals surface area contributed by atoms with Crippen molar-refractivity contribution in [2.75, 3.05) is 19.5 Å². The predicted molar refractivity (Wildman–Crippen MR) is 98.0 cm³/mol. The Balaban J connectivity index is 2.32. The molecule has 0 fully saturated rings. The van der Waals surface area contributed by atoms with Crippen molar-refractivity contribution in [1.29, 1.82) is 0 Å². The van der Waals surface area contributed by atoms with E-state index in [1.165, 1.54) is 20.3 Å². The van der Waals surface area contributed by atoms with Gasteiger partial charge in [0.2, 0.25) is 0 Å². The molecule has 24 heavy (non-hydrogen) atoms. The molecule has 1 N–H and O–H groups in total. The maximum Gasteiger partial charge on any atom is 0.274 e. The lowest BCUT2D eigenvalue weighted by molar-refractivity contribution is -0.385. The Morgan fingerprint density at radius 2 is 1.92 bits per heavy atom. The molecule has 0 atom stereocenters. The number of rotatable bonds is 5. The molecule has 126 valence electrons. The summed E-state index contributed by atoms with van der Waals surface area (Å²) in [7, 11) is 3.00. The summed E-state index contributed by atoms with van der Waals surface area (Å²) in [6.07, 6.45) is 0. The van der Waals surface area contributed by atoms with Gasteiger partial charge in [0.05, 0.1) is 22.7 Å². The molecule has 2 aromatic rings. The number of ether oxygens (including phenoxy) is 2. The number of hydrogen-bond donors (Lipinski definition) is 1. The van der Waals surface area contributed by atoms with Gasteiger partial charge in [-0.3, -0.25) is 14.9 Å². The zero-order valence-electron chi connectivity index (χ0n) is 13.3. The van der Waals surface area contributed by atoms with Crippen LogP contribution in [0.1, 0.15) is 15.9 Å². The predicted octanol–water partition coefficient (Wildman–Crippen LogP) is 3.78. The number of benzene rings is 2. The van der Waals surface area contributed by atoms with Crippen molar-refractivity contribution in [2.45, 2.75) is 6.92 Å². The molecule has 0 unspecified atom stereocenters. The highest BCUT2D eigenvalue weighted by atomic mass is 127. The van der Waals surface area contributed by atoms with Gasteiger partial charge in [0.15, 0.2) is 11.5 Å². The molecule has 0 spiro atoms. The molecule has 0 aliphatic heterocycles. The molecule has 0 saturated carbocycles. The molecule has 2 aromatic carbocycles. The topological polar surface area (TPSA) is 90.7 Å². The maximum atomic E-state index is 12.4. The van der Waals surface area contributed by atoms with Crippen molar-refractivity contribution in [3.8, 4) is 11.5 Å². The highest BCUT2D eigenvalue weighted by Crippen LogP contribution is 2.33. The number of amides is 1. The number of carbonyl (C=O) groups excluding carboxylic acids is 1. The van der Waals surface area contributed by atoms with E-state index in [0.29, 0.717) is 28.3 Å². The minimum absolute atomic E-state index is 0.0466. The number of halogens is 1. The first kappa shape index (κ1) is 18.0. The SMILES string of the molecule is COc1cc(C(=O)Nc2ccc(C)c([N+](=O)[O-])c2)cc(I)c1OC. The van der Waals surface area contributed by atoms with Crippen LogP contribution in [0.2, 0.25) is 0 Å². The quantitative estimate of drug-likeness (QED) is 0.433. The van der Waals surface area contributed by atoms with Crippen molar-refractivity contribution in [2.24, 2.45) is 0 Å². The molecular weight excluding hydrogens is 427 g/mol. The van der Waals surface area contributed by atoms with Gasteiger partial charge in [-0.15, -0.1) is 0 Å². The van der Waals surface area contributed by atoms with Crippen LogP contribution in [0.25, 0.3) is 0 Å². The number of anilines is 1. The number of nitrogens with zero attached hydrogens (tertiary/aromatic N) is 1. The van der Waals surface area contributed by atoms with Crippen LogP contribution in [0.5, 0.6) is 11.5 Å². The van der Waals surface area contributed by atoms with Crippen molar-refractivity contribution in [3.63, 3.8) is 0 Å². The Morgan fingerprint density at radius 3 is 2.50 bits per heavy atom. The summed E-state index contributed by atoms with van der Waals surface area (Å²) in [5, 5.41) is 13.6. The molecular formula is C16H15IN2O5. The maximum absolute atomic E-state index is 12.4. The van der Waals surface area contributed by atoms with Crippen molar-refractivity contribution in [3.05, 3.63) is 55.1 Å². The van der Waals surface area contributed by atoms with E-state index in [2.05, 4.69) is 5.32 Å². The Labute approximate surface area is 152 Å². The molecule has 7 nitrogen and oxygen atoms in total. The minimum Gasteiger partial charge on any atom is -0.493 e. The molecule has 1 amide bonds. The number of carbonyl (C=O) groups is 1. The first-order valence-electron chi connectivity index (χ1n) is 6.85. The summed E-state index contributed by atoms with van der Waals surface area (Å²) in [4.78, 5) is 22.9. The smallest absolute Gasteiger partial charge is 0.274 e. The number of methoxy groups -OCH3 is 2. The van der Waals surface area contributed by atoms with E-state index in [1.54, 1.807) is 31.2 Å². The van der Waals surface area contributed by atoms with Crippen molar-refractivity contribution < 1.29 is 19.2 Å². The second-order valence-electron chi connectivity index (χ2n) is 4.91. The van der Waals surface area contributed by atoms with Crippen LogP contribution in [0.3, 0.4) is 0 Å². The largest absolute Gasteiger partial charge is 0.493 e. The van der Waals surface area contributed by atoms with Gasteiger partial charge < -0.3 is 14.8 Å². The molecule has 0 heterocycles. The monoisotopic (exact) mass is 442 g/mol. The zero-order chi connectivity index (χ0) is 17.9. The third-order valence-electron chi connectivity index (χ3n) is 3.36. The van der Waals surface area contributed by atoms with Crippen molar-refractivity contribution in [1.82, 2.24) is 0 Å². The number of nitro benzene ring substituents is 1. The van der Waals surface area contributed by atoms with Crippen LogP contribution in [-0.4, -0.2) is 25.1 Å². The van der Waals surface area contributed by atoms with E-state index in [9.17, 15) is 14.9 Å². The van der Waals surface area contributed by atoms with E-state index in [1.807, 2.05) is 22.6 Å². The summed E-state index contributed by atoms with van der Waals surface area (Å²) in [5.41, 5.74) is 1.19. The second kappa shape index (κ2) is 7.47. The van der Waals surface area contributed by atoms with E-state index >= 15 is 0 Å². The highest BCUT2D eigenvalue weighted by Gasteiger charge is 2.17. The van der Waals surface area contributed by atoms with E-state index in [4.69, 9.17) is 9.47 Å². The van der Waals surface area contributed by atoms with Gasteiger partial charge in [-0.05, 0) is 47.7 Å². The van der Waals surface area contributed by atoms with E-state index < -0.39 is 10.8 Å². The van der Waals surface area contributed by atoms with Crippen LogP contribution in [-0.2, 0) is 0 Å². The molecule has 0 saturated heterocycles. The van der Waals surface area contributed by atoms with E-state index in [0.717, 1.165) is 3.57 Å². The average Bonchev–Trinajstić information content (AvgIpc) is 2.55. The third kappa shape index (κ3) is 3.75. The van der Waals surface area contributed by atoms with Gasteiger partial charge in [-0.1, -0.05) is 6.07 Å². The number of hydrogen-bond acceptors (Lipinski definition) is 5. The van der Waals surface area contributed by atoms with Crippen LogP contribution in [0.4, 0.5) is 11.4 Å². The molecule has 0 bridgehead atoms. The van der Waals surface area contributed by atoms with Gasteiger partial charge in [0.25, 0.3) is 11.6 Å². The standard InChI is InChI=1S/C16H15IN2O5/c1-9-4-5-11(8-13(9)19(21)22)18-16(20)10-6-12(17)15(24-3)14(7-10)23-2/h4-8H,1-3H3,(H,18,20). The Bertz CT molecular complexity index is 807. The molecule has 2 rings (SSSR count). The van der Waals surface area contributed by atoms with Gasteiger partial charge in [0.1, 0.15) is 0 Å². The van der Waals surface area contributed by atoms with Gasteiger partial charge in [-0.2, -0.15) is 0 Å². The number of nitro groups is 1. The van der Waals surface area contributed by atoms with Gasteiger partial charge >= 0.3 is 0 Å². The van der Waals surface area contributed by atoms with Crippen molar-refractivity contribution >= 4 is 39.9 Å². The van der Waals surface area contributed by atoms with Crippen LogP contribution in [0, 0.1) is 20.6 Å². The fourth-order valence-corrected chi connectivity index (χ4v) is 2.96. The van der Waals surface area contributed by atoms with Crippen LogP contribution >= 0.6 is 22.6 Å². The summed E-state index contributed by atoms with van der Waals surface area (Å²) >= 11 is 2.04. The summed E-state index contributed by atoms with van der Waals surface area (Å²) in [6, 6.07) is 7.75. The summed E-state index contributed by atoms with van der Waals surface area (Å²) in [6.45, 7) is 1.64. The lowest BCUT2D eigenvalue weighted by Crippen LogP contribution is -2.13. The lowest BCUT2D eigenvalue weighted by atomic mass is 10.1. The summed E-state index contributed by atoms with van der Waals surface area (Å²) in [5.74, 6) is 0.581. The fraction of sp³-hybridized carbons (Fsp3) is 0.188. The first-order chi connectivity index (χ1) is 11.4. The van der Waals surface area contributed by atoms with E-state index in [-0.39, 0.29) is 5.69 Å². The number of nitrogens with one attached hydrogen (secondary N) is 1. The molecule has 0 aliphatic carbocycles. The first-order valence-corrected chi connectivity index (χ1v) is 7.93. The molecule has 8 heteroatoms.